The summed E-state index contributed by atoms with van der Waals surface area (Å²) in [6.07, 6.45) is 6.60. The van der Waals surface area contributed by atoms with Crippen LogP contribution in [0, 0.1) is 5.92 Å². The Morgan fingerprint density at radius 1 is 1.19 bits per heavy atom. The molecule has 1 fully saturated rings. The number of benzene rings is 1. The highest BCUT2D eigenvalue weighted by atomic mass is 16.6. The van der Waals surface area contributed by atoms with Gasteiger partial charge in [0.25, 0.3) is 0 Å². The van der Waals surface area contributed by atoms with E-state index >= 15 is 0 Å². The van der Waals surface area contributed by atoms with Crippen molar-refractivity contribution in [1.82, 2.24) is 5.32 Å². The molecule has 1 aromatic rings. The second-order valence-electron chi connectivity index (χ2n) is 9.11. The van der Waals surface area contributed by atoms with Crippen LogP contribution in [0.15, 0.2) is 30.3 Å². The zero-order valence-corrected chi connectivity index (χ0v) is 17.4. The van der Waals surface area contributed by atoms with Crippen molar-refractivity contribution < 1.29 is 14.6 Å². The van der Waals surface area contributed by atoms with Gasteiger partial charge < -0.3 is 15.2 Å². The van der Waals surface area contributed by atoms with Gasteiger partial charge in [-0.15, -0.1) is 0 Å². The number of aliphatic hydroxyl groups is 1. The molecule has 1 aromatic carbocycles. The van der Waals surface area contributed by atoms with Crippen LogP contribution in [0.1, 0.15) is 84.1 Å². The number of rotatable bonds is 7. The van der Waals surface area contributed by atoms with Crippen LogP contribution in [0.25, 0.3) is 0 Å². The van der Waals surface area contributed by atoms with E-state index in [0.717, 1.165) is 6.42 Å². The first-order chi connectivity index (χ1) is 12.7. The molecule has 0 unspecified atom stereocenters. The van der Waals surface area contributed by atoms with Crippen LogP contribution in [-0.4, -0.2) is 28.9 Å². The molecule has 4 heteroatoms. The summed E-state index contributed by atoms with van der Waals surface area (Å²) >= 11 is 0. The Kier molecular flexibility index (Phi) is 8.15. The number of nitrogens with one attached hydrogen (secondary N) is 1. The molecule has 2 rings (SSSR count). The van der Waals surface area contributed by atoms with E-state index in [1.165, 1.54) is 37.7 Å². The van der Waals surface area contributed by atoms with E-state index in [2.05, 4.69) is 24.4 Å². The number of hydrogen-bond acceptors (Lipinski definition) is 3. The van der Waals surface area contributed by atoms with Gasteiger partial charge in [0.05, 0.1) is 12.1 Å². The predicted molar refractivity (Wildman–Crippen MR) is 110 cm³/mol. The highest BCUT2D eigenvalue weighted by molar-refractivity contribution is 5.68. The molecule has 0 aliphatic heterocycles. The van der Waals surface area contributed by atoms with E-state index in [1.54, 1.807) is 0 Å². The van der Waals surface area contributed by atoms with Crippen LogP contribution in [0.5, 0.6) is 0 Å². The molecule has 27 heavy (non-hydrogen) atoms. The van der Waals surface area contributed by atoms with Gasteiger partial charge in [-0.2, -0.15) is 0 Å². The van der Waals surface area contributed by atoms with Crippen molar-refractivity contribution in [2.75, 3.05) is 0 Å². The smallest absolute Gasteiger partial charge is 0.407 e. The van der Waals surface area contributed by atoms with Gasteiger partial charge in [0, 0.05) is 0 Å². The second-order valence-corrected chi connectivity index (χ2v) is 9.11. The van der Waals surface area contributed by atoms with Crippen LogP contribution in [-0.2, 0) is 4.74 Å². The Bertz CT molecular complexity index is 561. The largest absolute Gasteiger partial charge is 0.444 e. The maximum atomic E-state index is 12.3. The quantitative estimate of drug-likeness (QED) is 0.670. The van der Waals surface area contributed by atoms with E-state index in [9.17, 15) is 9.90 Å². The molecule has 0 bridgehead atoms. The van der Waals surface area contributed by atoms with Crippen molar-refractivity contribution in [3.63, 3.8) is 0 Å². The molecule has 0 heterocycles. The Morgan fingerprint density at radius 3 is 2.41 bits per heavy atom. The van der Waals surface area contributed by atoms with Gasteiger partial charge in [-0.05, 0) is 51.0 Å². The van der Waals surface area contributed by atoms with Crippen LogP contribution in [0.2, 0.25) is 0 Å². The third-order valence-corrected chi connectivity index (χ3v) is 5.44. The molecule has 2 N–H and O–H groups in total. The number of aliphatic hydroxyl groups excluding tert-OH is 1. The normalized spacial score (nSPS) is 19.1. The molecule has 1 aliphatic rings. The monoisotopic (exact) mass is 375 g/mol. The summed E-state index contributed by atoms with van der Waals surface area (Å²) in [6.45, 7) is 7.70. The fourth-order valence-electron chi connectivity index (χ4n) is 4.00. The van der Waals surface area contributed by atoms with Crippen molar-refractivity contribution in [1.29, 1.82) is 0 Å². The van der Waals surface area contributed by atoms with Gasteiger partial charge in [-0.25, -0.2) is 4.79 Å². The standard InChI is InChI=1S/C23H37NO3/c1-17(19-13-9-6-10-14-19)15-21(25)20(16-18-11-7-5-8-12-18)24-22(26)27-23(2,3)4/h6,9-10,13-14,17-18,20-21,25H,5,7-8,11-12,15-16H2,1-4H3,(H,24,26)/t17-,20+,21+/m1/s1. The van der Waals surface area contributed by atoms with Gasteiger partial charge in [-0.3, -0.25) is 0 Å². The molecule has 4 nitrogen and oxygen atoms in total. The highest BCUT2D eigenvalue weighted by Gasteiger charge is 2.29. The van der Waals surface area contributed by atoms with Crippen LogP contribution in [0.3, 0.4) is 0 Å². The topological polar surface area (TPSA) is 58.6 Å². The van der Waals surface area contributed by atoms with E-state index < -0.39 is 17.8 Å². The molecule has 0 aromatic heterocycles. The lowest BCUT2D eigenvalue weighted by Gasteiger charge is -2.32. The Morgan fingerprint density at radius 2 is 1.81 bits per heavy atom. The zero-order valence-electron chi connectivity index (χ0n) is 17.4. The zero-order chi connectivity index (χ0) is 19.9. The van der Waals surface area contributed by atoms with E-state index in [1.807, 2.05) is 39.0 Å². The average Bonchev–Trinajstić information content (AvgIpc) is 2.61. The minimum atomic E-state index is -0.588. The van der Waals surface area contributed by atoms with Crippen molar-refractivity contribution in [3.8, 4) is 0 Å². The maximum absolute atomic E-state index is 12.3. The van der Waals surface area contributed by atoms with Crippen molar-refractivity contribution in [2.45, 2.75) is 96.3 Å². The number of hydrogen-bond donors (Lipinski definition) is 2. The maximum Gasteiger partial charge on any atom is 0.407 e. The third-order valence-electron chi connectivity index (χ3n) is 5.44. The van der Waals surface area contributed by atoms with Gasteiger partial charge in [0.1, 0.15) is 5.60 Å². The molecule has 0 radical (unpaired) electrons. The van der Waals surface area contributed by atoms with E-state index in [-0.39, 0.29) is 12.0 Å². The summed E-state index contributed by atoms with van der Waals surface area (Å²) in [7, 11) is 0. The lowest BCUT2D eigenvalue weighted by atomic mass is 9.82. The predicted octanol–water partition coefficient (Wildman–Crippen LogP) is 5.40. The minimum Gasteiger partial charge on any atom is -0.444 e. The summed E-state index contributed by atoms with van der Waals surface area (Å²) in [5.41, 5.74) is 0.673. The lowest BCUT2D eigenvalue weighted by molar-refractivity contribution is 0.0372. The van der Waals surface area contributed by atoms with Gasteiger partial charge in [0.15, 0.2) is 0 Å². The van der Waals surface area contributed by atoms with E-state index in [4.69, 9.17) is 4.74 Å². The van der Waals surface area contributed by atoms with E-state index in [0.29, 0.717) is 12.3 Å². The van der Waals surface area contributed by atoms with Crippen molar-refractivity contribution in [2.24, 2.45) is 5.92 Å². The number of alkyl carbamates (subject to hydrolysis) is 1. The van der Waals surface area contributed by atoms with Crippen LogP contribution in [0.4, 0.5) is 4.79 Å². The molecular weight excluding hydrogens is 338 g/mol. The Balaban J connectivity index is 2.01. The third kappa shape index (κ3) is 7.92. The van der Waals surface area contributed by atoms with Crippen molar-refractivity contribution in [3.05, 3.63) is 35.9 Å². The molecule has 1 aliphatic carbocycles. The summed E-state index contributed by atoms with van der Waals surface area (Å²) in [4.78, 5) is 12.3. The van der Waals surface area contributed by atoms with Crippen molar-refractivity contribution >= 4 is 6.09 Å². The summed E-state index contributed by atoms with van der Waals surface area (Å²) in [5.74, 6) is 0.802. The molecule has 0 saturated heterocycles. The summed E-state index contributed by atoms with van der Waals surface area (Å²) < 4.78 is 5.44. The second kappa shape index (κ2) is 10.1. The molecule has 1 amide bonds. The summed E-state index contributed by atoms with van der Waals surface area (Å²) in [6, 6.07) is 9.97. The molecule has 1 saturated carbocycles. The number of amides is 1. The highest BCUT2D eigenvalue weighted by Crippen LogP contribution is 2.30. The summed E-state index contributed by atoms with van der Waals surface area (Å²) in [5, 5.41) is 13.9. The van der Waals surface area contributed by atoms with Gasteiger partial charge >= 0.3 is 6.09 Å². The SMILES string of the molecule is C[C@H](C[C@H](O)[C@H](CC1CCCCC1)NC(=O)OC(C)(C)C)c1ccccc1. The fourth-order valence-corrected chi connectivity index (χ4v) is 4.00. The number of carbonyl (C=O) groups is 1. The average molecular weight is 376 g/mol. The number of carbonyl (C=O) groups excluding carboxylic acids is 1. The van der Waals surface area contributed by atoms with Crippen LogP contribution < -0.4 is 5.32 Å². The fraction of sp³-hybridized carbons (Fsp3) is 0.696. The molecular formula is C23H37NO3. The first kappa shape index (κ1) is 21.7. The van der Waals surface area contributed by atoms with Crippen LogP contribution >= 0.6 is 0 Å². The lowest BCUT2D eigenvalue weighted by Crippen LogP contribution is -2.47. The minimum absolute atomic E-state index is 0.232. The van der Waals surface area contributed by atoms with Gasteiger partial charge in [-0.1, -0.05) is 69.4 Å². The Labute approximate surface area is 164 Å². The first-order valence-electron chi connectivity index (χ1n) is 10.5. The molecule has 3 atom stereocenters. The Hall–Kier alpha value is -1.55. The molecule has 0 spiro atoms. The molecule has 152 valence electrons. The van der Waals surface area contributed by atoms with Gasteiger partial charge in [0.2, 0.25) is 0 Å². The number of ether oxygens (including phenoxy) is 1. The first-order valence-corrected chi connectivity index (χ1v) is 10.5.